The first kappa shape index (κ1) is 13.3. The third kappa shape index (κ3) is 2.64. The zero-order valence-corrected chi connectivity index (χ0v) is 11.1. The van der Waals surface area contributed by atoms with E-state index in [2.05, 4.69) is 12.0 Å². The van der Waals surface area contributed by atoms with Crippen molar-refractivity contribution in [2.45, 2.75) is 64.0 Å². The van der Waals surface area contributed by atoms with Crippen molar-refractivity contribution in [1.82, 2.24) is 9.78 Å². The normalized spacial score (nSPS) is 19.4. The number of ketones is 1. The number of aliphatic hydroxyl groups is 1. The van der Waals surface area contributed by atoms with Crippen molar-refractivity contribution < 1.29 is 9.90 Å². The molecule has 0 aliphatic heterocycles. The summed E-state index contributed by atoms with van der Waals surface area (Å²) in [5.74, 6) is -0.143. The highest BCUT2D eigenvalue weighted by Gasteiger charge is 2.38. The summed E-state index contributed by atoms with van der Waals surface area (Å²) < 4.78 is 1.71. The molecule has 0 saturated heterocycles. The van der Waals surface area contributed by atoms with Crippen LogP contribution in [0.4, 0.5) is 0 Å². The Morgan fingerprint density at radius 2 is 2.06 bits per heavy atom. The van der Waals surface area contributed by atoms with Gasteiger partial charge in [-0.1, -0.05) is 32.6 Å². The predicted molar refractivity (Wildman–Crippen MR) is 69.5 cm³/mol. The summed E-state index contributed by atoms with van der Waals surface area (Å²) in [5.41, 5.74) is -0.608. The van der Waals surface area contributed by atoms with E-state index in [1.807, 2.05) is 0 Å². The molecular weight excluding hydrogens is 228 g/mol. The Hall–Kier alpha value is -1.16. The van der Waals surface area contributed by atoms with E-state index in [9.17, 15) is 9.90 Å². The molecule has 1 aliphatic rings. The van der Waals surface area contributed by atoms with Crippen LogP contribution in [-0.4, -0.2) is 26.3 Å². The van der Waals surface area contributed by atoms with E-state index in [0.29, 0.717) is 18.5 Å². The maximum absolute atomic E-state index is 12.5. The van der Waals surface area contributed by atoms with Gasteiger partial charge in [-0.05, 0) is 25.3 Å². The number of carbonyl (C=O) groups excluding carboxylic acids is 1. The summed E-state index contributed by atoms with van der Waals surface area (Å²) in [6.07, 6.45) is 7.84. The highest BCUT2D eigenvalue weighted by Crippen LogP contribution is 2.30. The minimum Gasteiger partial charge on any atom is -0.382 e. The smallest absolute Gasteiger partial charge is 0.212 e. The maximum Gasteiger partial charge on any atom is 0.212 e. The highest BCUT2D eigenvalue weighted by molar-refractivity contribution is 6.00. The Morgan fingerprint density at radius 3 is 2.67 bits per heavy atom. The van der Waals surface area contributed by atoms with Crippen LogP contribution in [-0.2, 0) is 6.54 Å². The van der Waals surface area contributed by atoms with E-state index >= 15 is 0 Å². The lowest BCUT2D eigenvalue weighted by atomic mass is 9.88. The molecule has 1 aromatic rings. The zero-order chi connectivity index (χ0) is 13.0. The molecule has 18 heavy (non-hydrogen) atoms. The van der Waals surface area contributed by atoms with Crippen LogP contribution >= 0.6 is 0 Å². The summed E-state index contributed by atoms with van der Waals surface area (Å²) in [7, 11) is 0. The molecule has 1 saturated carbocycles. The monoisotopic (exact) mass is 250 g/mol. The Bertz CT molecular complexity index is 404. The summed E-state index contributed by atoms with van der Waals surface area (Å²) in [6, 6.07) is 1.72. The van der Waals surface area contributed by atoms with Crippen LogP contribution in [0.5, 0.6) is 0 Å². The van der Waals surface area contributed by atoms with Crippen molar-refractivity contribution >= 4 is 5.78 Å². The van der Waals surface area contributed by atoms with Crippen LogP contribution in [0, 0.1) is 0 Å². The molecule has 1 N–H and O–H groups in total. The van der Waals surface area contributed by atoms with Gasteiger partial charge in [0.05, 0.1) is 0 Å². The summed E-state index contributed by atoms with van der Waals surface area (Å²) >= 11 is 0. The molecule has 2 rings (SSSR count). The van der Waals surface area contributed by atoms with Crippen LogP contribution < -0.4 is 0 Å². The van der Waals surface area contributed by atoms with Crippen LogP contribution in [0.3, 0.4) is 0 Å². The molecule has 0 atom stereocenters. The van der Waals surface area contributed by atoms with Gasteiger partial charge >= 0.3 is 0 Å². The quantitative estimate of drug-likeness (QED) is 0.660. The molecule has 4 nitrogen and oxygen atoms in total. The van der Waals surface area contributed by atoms with Gasteiger partial charge in [-0.15, -0.1) is 0 Å². The number of hydrogen-bond acceptors (Lipinski definition) is 3. The Kier molecular flexibility index (Phi) is 4.17. The third-order valence-electron chi connectivity index (χ3n) is 3.74. The molecule has 0 spiro atoms. The van der Waals surface area contributed by atoms with Crippen molar-refractivity contribution in [2.24, 2.45) is 0 Å². The van der Waals surface area contributed by atoms with E-state index in [0.717, 1.165) is 38.6 Å². The second-order valence-corrected chi connectivity index (χ2v) is 5.21. The summed E-state index contributed by atoms with van der Waals surface area (Å²) in [5, 5.41) is 14.8. The number of hydrogen-bond donors (Lipinski definition) is 1. The molecule has 0 radical (unpaired) electrons. The van der Waals surface area contributed by atoms with Gasteiger partial charge in [-0.2, -0.15) is 5.10 Å². The summed E-state index contributed by atoms with van der Waals surface area (Å²) in [4.78, 5) is 12.5. The molecule has 1 aromatic heterocycles. The summed E-state index contributed by atoms with van der Waals surface area (Å²) in [6.45, 7) is 2.78. The van der Waals surface area contributed by atoms with Gasteiger partial charge in [0.1, 0.15) is 11.3 Å². The minimum atomic E-state index is -1.16. The van der Waals surface area contributed by atoms with Crippen LogP contribution in [0.25, 0.3) is 0 Å². The first-order valence-corrected chi connectivity index (χ1v) is 6.96. The van der Waals surface area contributed by atoms with Gasteiger partial charge < -0.3 is 5.11 Å². The SMILES string of the molecule is CCCn1nccc1C(=O)C1(O)CCCCCC1. The topological polar surface area (TPSA) is 55.1 Å². The van der Waals surface area contributed by atoms with E-state index in [-0.39, 0.29) is 5.78 Å². The average molecular weight is 250 g/mol. The van der Waals surface area contributed by atoms with Gasteiger partial charge in [-0.25, -0.2) is 0 Å². The molecule has 0 bridgehead atoms. The lowest BCUT2D eigenvalue weighted by Gasteiger charge is -2.25. The number of aryl methyl sites for hydroxylation is 1. The first-order valence-electron chi connectivity index (χ1n) is 6.96. The van der Waals surface area contributed by atoms with Gasteiger partial charge in [0.25, 0.3) is 0 Å². The molecule has 4 heteroatoms. The largest absolute Gasteiger partial charge is 0.382 e. The maximum atomic E-state index is 12.5. The molecule has 1 heterocycles. The first-order chi connectivity index (χ1) is 8.67. The van der Waals surface area contributed by atoms with Gasteiger partial charge in [0.15, 0.2) is 0 Å². The van der Waals surface area contributed by atoms with Crippen LogP contribution in [0.15, 0.2) is 12.3 Å². The van der Waals surface area contributed by atoms with E-state index < -0.39 is 5.60 Å². The second kappa shape index (κ2) is 5.65. The van der Waals surface area contributed by atoms with Gasteiger partial charge in [0.2, 0.25) is 5.78 Å². The average Bonchev–Trinajstić information content (AvgIpc) is 2.70. The van der Waals surface area contributed by atoms with E-state index in [1.165, 1.54) is 0 Å². The third-order valence-corrected chi connectivity index (χ3v) is 3.74. The minimum absolute atomic E-state index is 0.143. The predicted octanol–water partition coefficient (Wildman–Crippen LogP) is 2.56. The number of carbonyl (C=O) groups is 1. The van der Waals surface area contributed by atoms with Crippen molar-refractivity contribution in [3.05, 3.63) is 18.0 Å². The van der Waals surface area contributed by atoms with Gasteiger partial charge in [-0.3, -0.25) is 9.48 Å². The number of rotatable bonds is 4. The fraction of sp³-hybridized carbons (Fsp3) is 0.714. The second-order valence-electron chi connectivity index (χ2n) is 5.21. The lowest BCUT2D eigenvalue weighted by molar-refractivity contribution is 0.0227. The molecule has 1 aliphatic carbocycles. The van der Waals surface area contributed by atoms with Gasteiger partial charge in [0, 0.05) is 12.7 Å². The lowest BCUT2D eigenvalue weighted by Crippen LogP contribution is -2.39. The van der Waals surface area contributed by atoms with Crippen molar-refractivity contribution in [1.29, 1.82) is 0 Å². The number of Topliss-reactive ketones (excluding diaryl/α,β-unsaturated/α-hetero) is 1. The molecule has 100 valence electrons. The molecule has 0 aromatic carbocycles. The Balaban J connectivity index is 2.20. The van der Waals surface area contributed by atoms with Crippen molar-refractivity contribution in [3.63, 3.8) is 0 Å². The van der Waals surface area contributed by atoms with Crippen molar-refractivity contribution in [3.8, 4) is 0 Å². The Labute approximate surface area is 108 Å². The van der Waals surface area contributed by atoms with E-state index in [1.54, 1.807) is 16.9 Å². The fourth-order valence-electron chi connectivity index (χ4n) is 2.69. The number of aromatic nitrogens is 2. The standard InChI is InChI=1S/C14H22N2O2/c1-2-11-16-12(7-10-15-16)13(17)14(18)8-5-3-4-6-9-14/h7,10,18H,2-6,8-9,11H2,1H3. The van der Waals surface area contributed by atoms with Crippen LogP contribution in [0.2, 0.25) is 0 Å². The van der Waals surface area contributed by atoms with Crippen LogP contribution in [0.1, 0.15) is 62.4 Å². The van der Waals surface area contributed by atoms with Crippen molar-refractivity contribution in [2.75, 3.05) is 0 Å². The molecule has 0 amide bonds. The van der Waals surface area contributed by atoms with E-state index in [4.69, 9.17) is 0 Å². The molecular formula is C14H22N2O2. The Morgan fingerprint density at radius 1 is 1.39 bits per heavy atom. The molecule has 0 unspecified atom stereocenters. The number of nitrogens with zero attached hydrogens (tertiary/aromatic N) is 2. The highest BCUT2D eigenvalue weighted by atomic mass is 16.3. The fourth-order valence-corrected chi connectivity index (χ4v) is 2.69. The zero-order valence-electron chi connectivity index (χ0n) is 11.1. The molecule has 1 fully saturated rings.